The standard InChI is InChI=1S/C10H22N2O2/c1-8(11)6-7-12(5)9(13)14-10(2,3)4/h8H,6-7,11H2,1-5H3/t8-/m0/s1. The molecule has 0 unspecified atom stereocenters. The summed E-state index contributed by atoms with van der Waals surface area (Å²) >= 11 is 0. The summed E-state index contributed by atoms with van der Waals surface area (Å²) in [6, 6.07) is 0.111. The summed E-state index contributed by atoms with van der Waals surface area (Å²) in [6.45, 7) is 8.11. The molecule has 0 aliphatic heterocycles. The highest BCUT2D eigenvalue weighted by atomic mass is 16.6. The van der Waals surface area contributed by atoms with E-state index in [-0.39, 0.29) is 12.1 Å². The molecule has 0 aromatic carbocycles. The van der Waals surface area contributed by atoms with Crippen molar-refractivity contribution >= 4 is 6.09 Å². The predicted molar refractivity (Wildman–Crippen MR) is 57.1 cm³/mol. The SMILES string of the molecule is C[C@H](N)CCN(C)C(=O)OC(C)(C)C. The van der Waals surface area contributed by atoms with Crippen molar-refractivity contribution in [3.05, 3.63) is 0 Å². The molecule has 4 nitrogen and oxygen atoms in total. The van der Waals surface area contributed by atoms with E-state index < -0.39 is 5.60 Å². The van der Waals surface area contributed by atoms with E-state index in [0.29, 0.717) is 6.54 Å². The second-order valence-corrected chi connectivity index (χ2v) is 4.67. The van der Waals surface area contributed by atoms with Crippen LogP contribution in [-0.2, 0) is 4.74 Å². The maximum atomic E-state index is 11.4. The van der Waals surface area contributed by atoms with Crippen molar-refractivity contribution in [2.24, 2.45) is 5.73 Å². The van der Waals surface area contributed by atoms with E-state index in [9.17, 15) is 4.79 Å². The van der Waals surface area contributed by atoms with Gasteiger partial charge in [-0.3, -0.25) is 0 Å². The van der Waals surface area contributed by atoms with Gasteiger partial charge in [0.1, 0.15) is 5.60 Å². The number of rotatable bonds is 3. The lowest BCUT2D eigenvalue weighted by molar-refractivity contribution is 0.0295. The molecule has 0 rings (SSSR count). The zero-order valence-corrected chi connectivity index (χ0v) is 9.83. The first-order valence-electron chi connectivity index (χ1n) is 4.92. The Morgan fingerprint density at radius 2 is 2.00 bits per heavy atom. The number of carbonyl (C=O) groups is 1. The Morgan fingerprint density at radius 3 is 2.36 bits per heavy atom. The minimum absolute atomic E-state index is 0.111. The van der Waals surface area contributed by atoms with Crippen molar-refractivity contribution < 1.29 is 9.53 Å². The van der Waals surface area contributed by atoms with Crippen LogP contribution in [0.2, 0.25) is 0 Å². The maximum Gasteiger partial charge on any atom is 0.410 e. The van der Waals surface area contributed by atoms with E-state index in [1.54, 1.807) is 11.9 Å². The van der Waals surface area contributed by atoms with Gasteiger partial charge < -0.3 is 15.4 Å². The zero-order valence-electron chi connectivity index (χ0n) is 9.83. The van der Waals surface area contributed by atoms with Crippen LogP contribution in [0.15, 0.2) is 0 Å². The van der Waals surface area contributed by atoms with Gasteiger partial charge >= 0.3 is 6.09 Å². The number of nitrogens with zero attached hydrogens (tertiary/aromatic N) is 1. The van der Waals surface area contributed by atoms with Gasteiger partial charge in [0.2, 0.25) is 0 Å². The van der Waals surface area contributed by atoms with E-state index in [2.05, 4.69) is 0 Å². The summed E-state index contributed by atoms with van der Waals surface area (Å²) in [6.07, 6.45) is 0.494. The molecular formula is C10H22N2O2. The first kappa shape index (κ1) is 13.2. The average molecular weight is 202 g/mol. The Hall–Kier alpha value is -0.770. The molecule has 1 amide bonds. The summed E-state index contributed by atoms with van der Waals surface area (Å²) in [5.74, 6) is 0. The number of hydrogen-bond acceptors (Lipinski definition) is 3. The van der Waals surface area contributed by atoms with Crippen LogP contribution >= 0.6 is 0 Å². The van der Waals surface area contributed by atoms with Gasteiger partial charge in [-0.2, -0.15) is 0 Å². The third-order valence-corrected chi connectivity index (χ3v) is 1.63. The highest BCUT2D eigenvalue weighted by Crippen LogP contribution is 2.09. The number of carbonyl (C=O) groups excluding carboxylic acids is 1. The van der Waals surface area contributed by atoms with E-state index in [4.69, 9.17) is 10.5 Å². The van der Waals surface area contributed by atoms with Gasteiger partial charge in [-0.15, -0.1) is 0 Å². The maximum absolute atomic E-state index is 11.4. The fraction of sp³-hybridized carbons (Fsp3) is 0.900. The molecule has 0 fully saturated rings. The molecule has 0 aromatic rings. The van der Waals surface area contributed by atoms with Crippen molar-refractivity contribution in [1.29, 1.82) is 0 Å². The van der Waals surface area contributed by atoms with Gasteiger partial charge in [0.25, 0.3) is 0 Å². The fourth-order valence-electron chi connectivity index (χ4n) is 0.828. The number of hydrogen-bond donors (Lipinski definition) is 1. The van der Waals surface area contributed by atoms with Gasteiger partial charge in [0.05, 0.1) is 0 Å². The Bertz CT molecular complexity index is 185. The van der Waals surface area contributed by atoms with Crippen LogP contribution in [0.25, 0.3) is 0 Å². The molecule has 84 valence electrons. The third kappa shape index (κ3) is 6.71. The largest absolute Gasteiger partial charge is 0.444 e. The normalized spacial score (nSPS) is 13.6. The molecule has 4 heteroatoms. The van der Waals surface area contributed by atoms with E-state index in [0.717, 1.165) is 6.42 Å². The molecule has 0 bridgehead atoms. The summed E-state index contributed by atoms with van der Waals surface area (Å²) in [5.41, 5.74) is 5.16. The molecule has 0 radical (unpaired) electrons. The van der Waals surface area contributed by atoms with Crippen molar-refractivity contribution in [3.8, 4) is 0 Å². The molecule has 14 heavy (non-hydrogen) atoms. The summed E-state index contributed by atoms with van der Waals surface area (Å²) in [4.78, 5) is 13.0. The first-order valence-corrected chi connectivity index (χ1v) is 4.92. The fourth-order valence-corrected chi connectivity index (χ4v) is 0.828. The molecular weight excluding hydrogens is 180 g/mol. The molecule has 2 N–H and O–H groups in total. The molecule has 0 aliphatic carbocycles. The van der Waals surface area contributed by atoms with Crippen LogP contribution in [0.3, 0.4) is 0 Å². The van der Waals surface area contributed by atoms with Gasteiger partial charge in [0, 0.05) is 19.6 Å². The second-order valence-electron chi connectivity index (χ2n) is 4.67. The molecule has 0 aliphatic rings. The van der Waals surface area contributed by atoms with Gasteiger partial charge in [-0.1, -0.05) is 0 Å². The Balaban J connectivity index is 3.88. The summed E-state index contributed by atoms with van der Waals surface area (Å²) in [5, 5.41) is 0. The Kier molecular flexibility index (Phi) is 4.91. The molecule has 0 spiro atoms. The lowest BCUT2D eigenvalue weighted by Crippen LogP contribution is -2.36. The lowest BCUT2D eigenvalue weighted by atomic mass is 10.2. The summed E-state index contributed by atoms with van der Waals surface area (Å²) < 4.78 is 5.18. The quantitative estimate of drug-likeness (QED) is 0.756. The average Bonchev–Trinajstić information content (AvgIpc) is 1.96. The smallest absolute Gasteiger partial charge is 0.410 e. The molecule has 0 aromatic heterocycles. The van der Waals surface area contributed by atoms with Crippen LogP contribution in [0.1, 0.15) is 34.1 Å². The monoisotopic (exact) mass is 202 g/mol. The van der Waals surface area contributed by atoms with E-state index in [1.165, 1.54) is 0 Å². The lowest BCUT2D eigenvalue weighted by Gasteiger charge is -2.24. The van der Waals surface area contributed by atoms with E-state index in [1.807, 2.05) is 27.7 Å². The van der Waals surface area contributed by atoms with Gasteiger partial charge in [-0.25, -0.2) is 4.79 Å². The summed E-state index contributed by atoms with van der Waals surface area (Å²) in [7, 11) is 1.72. The molecule has 0 saturated carbocycles. The minimum Gasteiger partial charge on any atom is -0.444 e. The van der Waals surface area contributed by atoms with Crippen LogP contribution in [0.4, 0.5) is 4.79 Å². The number of amides is 1. The van der Waals surface area contributed by atoms with Crippen molar-refractivity contribution in [3.63, 3.8) is 0 Å². The Labute approximate surface area is 86.4 Å². The van der Waals surface area contributed by atoms with Gasteiger partial charge in [-0.05, 0) is 34.1 Å². The Morgan fingerprint density at radius 1 is 1.50 bits per heavy atom. The van der Waals surface area contributed by atoms with Crippen LogP contribution in [0.5, 0.6) is 0 Å². The van der Waals surface area contributed by atoms with Crippen LogP contribution in [0, 0.1) is 0 Å². The number of ether oxygens (including phenoxy) is 1. The van der Waals surface area contributed by atoms with Crippen LogP contribution < -0.4 is 5.73 Å². The molecule has 0 heterocycles. The topological polar surface area (TPSA) is 55.6 Å². The number of nitrogens with two attached hydrogens (primary N) is 1. The molecule has 0 saturated heterocycles. The highest BCUT2D eigenvalue weighted by Gasteiger charge is 2.19. The minimum atomic E-state index is -0.431. The first-order chi connectivity index (χ1) is 6.22. The van der Waals surface area contributed by atoms with Crippen LogP contribution in [-0.4, -0.2) is 36.2 Å². The predicted octanol–water partition coefficient (Wildman–Crippen LogP) is 1.59. The zero-order chi connectivity index (χ0) is 11.4. The highest BCUT2D eigenvalue weighted by molar-refractivity contribution is 5.67. The van der Waals surface area contributed by atoms with Crippen molar-refractivity contribution in [1.82, 2.24) is 4.90 Å². The van der Waals surface area contributed by atoms with Crippen molar-refractivity contribution in [2.75, 3.05) is 13.6 Å². The second kappa shape index (κ2) is 5.20. The van der Waals surface area contributed by atoms with E-state index >= 15 is 0 Å². The molecule has 1 atom stereocenters. The van der Waals surface area contributed by atoms with Gasteiger partial charge in [0.15, 0.2) is 0 Å². The third-order valence-electron chi connectivity index (χ3n) is 1.63. The van der Waals surface area contributed by atoms with Crippen molar-refractivity contribution in [2.45, 2.75) is 45.8 Å².